The Morgan fingerprint density at radius 3 is 2.64 bits per heavy atom. The van der Waals surface area contributed by atoms with E-state index < -0.39 is 0 Å². The van der Waals surface area contributed by atoms with Gasteiger partial charge in [-0.2, -0.15) is 0 Å². The van der Waals surface area contributed by atoms with Gasteiger partial charge in [0.05, 0.1) is 16.6 Å². The van der Waals surface area contributed by atoms with Crippen molar-refractivity contribution in [2.45, 2.75) is 13.8 Å². The Labute approximate surface area is 150 Å². The summed E-state index contributed by atoms with van der Waals surface area (Å²) in [6.07, 6.45) is 1.78. The zero-order chi connectivity index (χ0) is 17.7. The minimum atomic E-state index is -0.0127. The van der Waals surface area contributed by atoms with Crippen molar-refractivity contribution < 1.29 is 0 Å². The lowest BCUT2D eigenvalue weighted by atomic mass is 9.94. The normalized spacial score (nSPS) is 11.4. The van der Waals surface area contributed by atoms with Crippen LogP contribution in [0.1, 0.15) is 11.1 Å². The number of pyridine rings is 2. The molecule has 0 aliphatic heterocycles. The number of aryl methyl sites for hydroxylation is 3. The predicted octanol–water partition coefficient (Wildman–Crippen LogP) is 5.02. The first-order chi connectivity index (χ1) is 12.0. The van der Waals surface area contributed by atoms with Crippen LogP contribution in [-0.2, 0) is 7.05 Å². The van der Waals surface area contributed by atoms with E-state index in [1.807, 2.05) is 56.3 Å². The zero-order valence-electron chi connectivity index (χ0n) is 14.3. The van der Waals surface area contributed by atoms with E-state index >= 15 is 0 Å². The maximum atomic E-state index is 13.1. The molecule has 0 atom stereocenters. The zero-order valence-corrected chi connectivity index (χ0v) is 15.1. The molecule has 25 heavy (non-hydrogen) atoms. The van der Waals surface area contributed by atoms with E-state index in [0.29, 0.717) is 10.6 Å². The molecule has 0 bridgehead atoms. The number of benzene rings is 2. The summed E-state index contributed by atoms with van der Waals surface area (Å²) >= 11 is 6.20. The van der Waals surface area contributed by atoms with Gasteiger partial charge in [-0.15, -0.1) is 0 Å². The Hall–Kier alpha value is -2.65. The highest BCUT2D eigenvalue weighted by Gasteiger charge is 2.17. The van der Waals surface area contributed by atoms with Gasteiger partial charge in [-0.1, -0.05) is 29.8 Å². The standard InChI is InChI=1S/C21H17ClN2O/c1-12-6-8-15(16-5-4-10-23-20(12)16)19-13(2)17-11-14(22)7-9-18(17)24(3)21(19)25/h4-11H,1-3H3. The van der Waals surface area contributed by atoms with Crippen LogP contribution in [-0.4, -0.2) is 9.55 Å². The molecule has 4 rings (SSSR count). The number of halogens is 1. The highest BCUT2D eigenvalue weighted by Crippen LogP contribution is 2.33. The Morgan fingerprint density at radius 1 is 1.04 bits per heavy atom. The molecule has 0 unspecified atom stereocenters. The lowest BCUT2D eigenvalue weighted by molar-refractivity contribution is 0.906. The van der Waals surface area contributed by atoms with Crippen molar-refractivity contribution in [3.05, 3.63) is 75.2 Å². The third-order valence-corrected chi connectivity index (χ3v) is 5.09. The molecule has 124 valence electrons. The highest BCUT2D eigenvalue weighted by atomic mass is 35.5. The van der Waals surface area contributed by atoms with Gasteiger partial charge >= 0.3 is 0 Å². The Morgan fingerprint density at radius 2 is 1.84 bits per heavy atom. The van der Waals surface area contributed by atoms with Crippen LogP contribution in [0.2, 0.25) is 5.02 Å². The average molecular weight is 349 g/mol. The molecule has 0 aliphatic carbocycles. The number of fused-ring (bicyclic) bond motifs is 2. The number of nitrogens with zero attached hydrogens (tertiary/aromatic N) is 2. The van der Waals surface area contributed by atoms with Crippen molar-refractivity contribution >= 4 is 33.4 Å². The van der Waals surface area contributed by atoms with Crippen LogP contribution in [0, 0.1) is 13.8 Å². The summed E-state index contributed by atoms with van der Waals surface area (Å²) in [4.78, 5) is 17.6. The number of rotatable bonds is 1. The van der Waals surface area contributed by atoms with Gasteiger partial charge in [-0.05, 0) is 54.8 Å². The first kappa shape index (κ1) is 15.9. The van der Waals surface area contributed by atoms with Crippen LogP contribution in [0.15, 0.2) is 53.5 Å². The highest BCUT2D eigenvalue weighted by molar-refractivity contribution is 6.31. The van der Waals surface area contributed by atoms with Crippen LogP contribution in [0.4, 0.5) is 0 Å². The SMILES string of the molecule is Cc1c(-c2ccc(C)c3ncccc23)c(=O)n(C)c2ccc(Cl)cc12. The molecule has 3 nitrogen and oxygen atoms in total. The van der Waals surface area contributed by atoms with Gasteiger partial charge in [0, 0.05) is 29.0 Å². The van der Waals surface area contributed by atoms with Crippen LogP contribution < -0.4 is 5.56 Å². The first-order valence-corrected chi connectivity index (χ1v) is 8.50. The summed E-state index contributed by atoms with van der Waals surface area (Å²) in [5, 5.41) is 2.64. The molecule has 0 N–H and O–H groups in total. The molecule has 0 fully saturated rings. The maximum absolute atomic E-state index is 13.1. The maximum Gasteiger partial charge on any atom is 0.258 e. The van der Waals surface area contributed by atoms with Crippen LogP contribution in [0.3, 0.4) is 0 Å². The molecule has 2 aromatic carbocycles. The largest absolute Gasteiger partial charge is 0.311 e. The molecular formula is C21H17ClN2O. The van der Waals surface area contributed by atoms with E-state index in [0.717, 1.165) is 38.5 Å². The van der Waals surface area contributed by atoms with Gasteiger partial charge in [-0.25, -0.2) is 0 Å². The third kappa shape index (κ3) is 2.35. The minimum absolute atomic E-state index is 0.0127. The van der Waals surface area contributed by atoms with Crippen molar-refractivity contribution in [3.8, 4) is 11.1 Å². The van der Waals surface area contributed by atoms with E-state index in [9.17, 15) is 4.79 Å². The van der Waals surface area contributed by atoms with Gasteiger partial charge in [0.2, 0.25) is 0 Å². The molecule has 2 aromatic heterocycles. The van der Waals surface area contributed by atoms with Crippen LogP contribution >= 0.6 is 11.6 Å². The molecule has 2 heterocycles. The lowest BCUT2D eigenvalue weighted by Crippen LogP contribution is -2.20. The van der Waals surface area contributed by atoms with Crippen molar-refractivity contribution in [2.24, 2.45) is 7.05 Å². The molecule has 0 amide bonds. The second-order valence-corrected chi connectivity index (χ2v) is 6.79. The second-order valence-electron chi connectivity index (χ2n) is 6.36. The Bertz CT molecular complexity index is 1210. The van der Waals surface area contributed by atoms with Crippen molar-refractivity contribution in [1.29, 1.82) is 0 Å². The second kappa shape index (κ2) is 5.71. The summed E-state index contributed by atoms with van der Waals surface area (Å²) in [5.41, 5.74) is 5.44. The van der Waals surface area contributed by atoms with Gasteiger partial charge in [0.15, 0.2) is 0 Å². The van der Waals surface area contributed by atoms with Crippen LogP contribution in [0.5, 0.6) is 0 Å². The molecule has 0 saturated carbocycles. The molecule has 0 aliphatic rings. The third-order valence-electron chi connectivity index (χ3n) is 4.86. The molecule has 0 saturated heterocycles. The van der Waals surface area contributed by atoms with E-state index in [4.69, 9.17) is 11.6 Å². The summed E-state index contributed by atoms with van der Waals surface area (Å²) in [6.45, 7) is 4.02. The van der Waals surface area contributed by atoms with Gasteiger partial charge in [0.1, 0.15) is 0 Å². The van der Waals surface area contributed by atoms with Gasteiger partial charge in [-0.3, -0.25) is 9.78 Å². The predicted molar refractivity (Wildman–Crippen MR) is 104 cm³/mol. The summed E-state index contributed by atoms with van der Waals surface area (Å²) in [5.74, 6) is 0. The number of aromatic nitrogens is 2. The quantitative estimate of drug-likeness (QED) is 0.484. The fraction of sp³-hybridized carbons (Fsp3) is 0.143. The van der Waals surface area contributed by atoms with Gasteiger partial charge in [0.25, 0.3) is 5.56 Å². The van der Waals surface area contributed by atoms with Crippen LogP contribution in [0.25, 0.3) is 32.9 Å². The summed E-state index contributed by atoms with van der Waals surface area (Å²) in [7, 11) is 1.80. The van der Waals surface area contributed by atoms with Crippen molar-refractivity contribution in [1.82, 2.24) is 9.55 Å². The molecule has 4 aromatic rings. The summed E-state index contributed by atoms with van der Waals surface area (Å²) < 4.78 is 1.69. The minimum Gasteiger partial charge on any atom is -0.311 e. The topological polar surface area (TPSA) is 34.9 Å². The van der Waals surface area contributed by atoms with E-state index in [1.54, 1.807) is 17.8 Å². The fourth-order valence-electron chi connectivity index (χ4n) is 3.52. The molecule has 4 heteroatoms. The Balaban J connectivity index is 2.20. The summed E-state index contributed by atoms with van der Waals surface area (Å²) in [6, 6.07) is 13.6. The lowest BCUT2D eigenvalue weighted by Gasteiger charge is -2.15. The molecule has 0 radical (unpaired) electrons. The van der Waals surface area contributed by atoms with E-state index in [-0.39, 0.29) is 5.56 Å². The Kier molecular flexibility index (Phi) is 3.62. The average Bonchev–Trinajstić information content (AvgIpc) is 2.62. The number of hydrogen-bond acceptors (Lipinski definition) is 2. The van der Waals surface area contributed by atoms with Gasteiger partial charge < -0.3 is 4.57 Å². The smallest absolute Gasteiger partial charge is 0.258 e. The van der Waals surface area contributed by atoms with Crippen molar-refractivity contribution in [3.63, 3.8) is 0 Å². The monoisotopic (exact) mass is 348 g/mol. The molecular weight excluding hydrogens is 332 g/mol. The fourth-order valence-corrected chi connectivity index (χ4v) is 3.69. The first-order valence-electron chi connectivity index (χ1n) is 8.12. The molecule has 0 spiro atoms. The number of hydrogen-bond donors (Lipinski definition) is 0. The van der Waals surface area contributed by atoms with E-state index in [2.05, 4.69) is 4.98 Å². The van der Waals surface area contributed by atoms with E-state index in [1.165, 1.54) is 0 Å². The van der Waals surface area contributed by atoms with Crippen molar-refractivity contribution in [2.75, 3.05) is 0 Å².